The van der Waals surface area contributed by atoms with Crippen molar-refractivity contribution in [2.75, 3.05) is 13.1 Å². The van der Waals surface area contributed by atoms with Crippen LogP contribution in [0.4, 0.5) is 0 Å². The van der Waals surface area contributed by atoms with E-state index in [4.69, 9.17) is 0 Å². The van der Waals surface area contributed by atoms with E-state index in [9.17, 15) is 0 Å². The molecule has 1 heterocycles. The van der Waals surface area contributed by atoms with Crippen molar-refractivity contribution in [1.82, 2.24) is 4.90 Å². The van der Waals surface area contributed by atoms with Crippen molar-refractivity contribution in [3.63, 3.8) is 0 Å². The Morgan fingerprint density at radius 3 is 2.44 bits per heavy atom. The van der Waals surface area contributed by atoms with Gasteiger partial charge in [-0.3, -0.25) is 0 Å². The number of likely N-dealkylation sites (tertiary alicyclic amines) is 1. The summed E-state index contributed by atoms with van der Waals surface area (Å²) in [4.78, 5) is 2.56. The minimum absolute atomic E-state index is 0. The molecule has 2 heteroatoms. The zero-order chi connectivity index (χ0) is 12.3. The molecule has 0 bridgehead atoms. The fourth-order valence-electron chi connectivity index (χ4n) is 2.43. The minimum atomic E-state index is 0. The Kier molecular flexibility index (Phi) is 5.98. The normalized spacial score (nSPS) is 17.3. The van der Waals surface area contributed by atoms with E-state index in [2.05, 4.69) is 49.9 Å². The van der Waals surface area contributed by atoms with Crippen LogP contribution < -0.4 is 18.9 Å². The van der Waals surface area contributed by atoms with Gasteiger partial charge < -0.3 is 4.90 Å². The van der Waals surface area contributed by atoms with Crippen molar-refractivity contribution >= 4 is 0 Å². The van der Waals surface area contributed by atoms with Crippen molar-refractivity contribution in [3.8, 4) is 0 Å². The van der Waals surface area contributed by atoms with E-state index >= 15 is 0 Å². The Hall–Kier alpha value is -0.223. The second kappa shape index (κ2) is 6.80. The molecule has 0 N–H and O–H groups in total. The van der Waals surface area contributed by atoms with Gasteiger partial charge in [-0.05, 0) is 31.3 Å². The fraction of sp³-hybridized carbons (Fsp3) is 0.625. The summed E-state index contributed by atoms with van der Waals surface area (Å²) in [6.07, 6.45) is 4.13. The van der Waals surface area contributed by atoms with Crippen LogP contribution in [0.25, 0.3) is 0 Å². The minimum Gasteiger partial charge on any atom is -0.301 e. The van der Waals surface area contributed by atoms with Gasteiger partial charge in [0.2, 0.25) is 0 Å². The second-order valence-corrected chi connectivity index (χ2v) is 6.19. The number of hydrogen-bond donors (Lipinski definition) is 0. The SMILES string of the molecule is CC(C)(C)c1cc[c-]c(CN2CCCCC2)c1.[Li+]. The number of rotatable bonds is 2. The molecular formula is C16H24LiN. The van der Waals surface area contributed by atoms with Crippen LogP contribution in [0.2, 0.25) is 0 Å². The zero-order valence-corrected chi connectivity index (χ0v) is 12.4. The molecule has 0 amide bonds. The molecule has 1 saturated heterocycles. The molecule has 0 atom stereocenters. The average molecular weight is 237 g/mol. The molecule has 2 rings (SSSR count). The topological polar surface area (TPSA) is 3.24 Å². The van der Waals surface area contributed by atoms with Crippen LogP contribution in [0.1, 0.15) is 51.2 Å². The Balaban J connectivity index is 0.00000162. The van der Waals surface area contributed by atoms with E-state index in [0.717, 1.165) is 6.54 Å². The third-order valence-corrected chi connectivity index (χ3v) is 3.57. The van der Waals surface area contributed by atoms with Gasteiger partial charge in [0, 0.05) is 6.54 Å². The molecular weight excluding hydrogens is 213 g/mol. The first-order valence-electron chi connectivity index (χ1n) is 6.79. The summed E-state index contributed by atoms with van der Waals surface area (Å²) in [5, 5.41) is 0. The third-order valence-electron chi connectivity index (χ3n) is 3.57. The second-order valence-electron chi connectivity index (χ2n) is 6.19. The number of piperidine rings is 1. The van der Waals surface area contributed by atoms with E-state index < -0.39 is 0 Å². The van der Waals surface area contributed by atoms with Crippen LogP contribution in [0.5, 0.6) is 0 Å². The van der Waals surface area contributed by atoms with Gasteiger partial charge in [0.05, 0.1) is 0 Å². The monoisotopic (exact) mass is 237 g/mol. The van der Waals surface area contributed by atoms with E-state index in [1.54, 1.807) is 0 Å². The molecule has 1 aliphatic heterocycles. The number of benzene rings is 1. The van der Waals surface area contributed by atoms with Crippen molar-refractivity contribution in [2.45, 2.75) is 52.0 Å². The zero-order valence-electron chi connectivity index (χ0n) is 12.4. The van der Waals surface area contributed by atoms with E-state index in [1.165, 1.54) is 43.5 Å². The van der Waals surface area contributed by atoms with Gasteiger partial charge in [-0.15, -0.1) is 5.56 Å². The first-order valence-corrected chi connectivity index (χ1v) is 6.79. The van der Waals surface area contributed by atoms with Crippen molar-refractivity contribution in [1.29, 1.82) is 0 Å². The largest absolute Gasteiger partial charge is 1.00 e. The van der Waals surface area contributed by atoms with Gasteiger partial charge in [0.25, 0.3) is 0 Å². The van der Waals surface area contributed by atoms with Gasteiger partial charge in [-0.1, -0.05) is 27.2 Å². The van der Waals surface area contributed by atoms with Crippen molar-refractivity contribution in [2.24, 2.45) is 0 Å². The van der Waals surface area contributed by atoms with Crippen LogP contribution in [-0.2, 0) is 12.0 Å². The summed E-state index contributed by atoms with van der Waals surface area (Å²) in [5.41, 5.74) is 3.01. The Morgan fingerprint density at radius 1 is 1.17 bits per heavy atom. The summed E-state index contributed by atoms with van der Waals surface area (Å²) < 4.78 is 0. The quantitative estimate of drug-likeness (QED) is 0.542. The van der Waals surface area contributed by atoms with Gasteiger partial charge in [-0.25, -0.2) is 0 Å². The smallest absolute Gasteiger partial charge is 0.301 e. The fourth-order valence-corrected chi connectivity index (χ4v) is 2.43. The van der Waals surface area contributed by atoms with Crippen LogP contribution in [0.3, 0.4) is 0 Å². The van der Waals surface area contributed by atoms with Gasteiger partial charge in [0.15, 0.2) is 0 Å². The first-order chi connectivity index (χ1) is 8.05. The molecule has 0 aliphatic carbocycles. The van der Waals surface area contributed by atoms with Gasteiger partial charge >= 0.3 is 18.9 Å². The summed E-state index contributed by atoms with van der Waals surface area (Å²) in [6.45, 7) is 10.4. The standard InChI is InChI=1S/C16H24N.Li/c1-16(2,3)15-9-7-8-14(12-15)13-17-10-5-4-6-11-17;/h7,9,12H,4-6,10-11,13H2,1-3H3;/q-1;+1. The van der Waals surface area contributed by atoms with Gasteiger partial charge in [-0.2, -0.15) is 29.8 Å². The van der Waals surface area contributed by atoms with E-state index in [1.807, 2.05) is 0 Å². The predicted octanol–water partition coefficient (Wildman–Crippen LogP) is 0.774. The van der Waals surface area contributed by atoms with Crippen molar-refractivity contribution in [3.05, 3.63) is 35.4 Å². The molecule has 0 radical (unpaired) electrons. The molecule has 1 aromatic rings. The summed E-state index contributed by atoms with van der Waals surface area (Å²) in [5.74, 6) is 0. The number of nitrogens with zero attached hydrogens (tertiary/aromatic N) is 1. The average Bonchev–Trinajstić information content (AvgIpc) is 2.29. The van der Waals surface area contributed by atoms with Crippen LogP contribution in [0, 0.1) is 6.07 Å². The number of hydrogen-bond acceptors (Lipinski definition) is 1. The Bertz CT molecular complexity index is 362. The third kappa shape index (κ3) is 4.47. The maximum absolute atomic E-state index is 3.39. The molecule has 1 fully saturated rings. The van der Waals surface area contributed by atoms with E-state index in [0.29, 0.717) is 0 Å². The maximum Gasteiger partial charge on any atom is 1.00 e. The molecule has 94 valence electrons. The van der Waals surface area contributed by atoms with E-state index in [-0.39, 0.29) is 24.3 Å². The molecule has 18 heavy (non-hydrogen) atoms. The molecule has 1 nitrogen and oxygen atoms in total. The molecule has 1 aliphatic rings. The van der Waals surface area contributed by atoms with Crippen LogP contribution in [-0.4, -0.2) is 18.0 Å². The molecule has 0 aromatic heterocycles. The van der Waals surface area contributed by atoms with Crippen molar-refractivity contribution < 1.29 is 18.9 Å². The summed E-state index contributed by atoms with van der Waals surface area (Å²) in [6, 6.07) is 9.99. The molecule has 0 unspecified atom stereocenters. The first kappa shape index (κ1) is 15.8. The van der Waals surface area contributed by atoms with Crippen LogP contribution >= 0.6 is 0 Å². The predicted molar refractivity (Wildman–Crippen MR) is 73.1 cm³/mol. The summed E-state index contributed by atoms with van der Waals surface area (Å²) >= 11 is 0. The molecule has 1 aromatic carbocycles. The molecule has 0 saturated carbocycles. The maximum atomic E-state index is 3.39. The van der Waals surface area contributed by atoms with Gasteiger partial charge in [0.1, 0.15) is 0 Å². The Labute approximate surface area is 124 Å². The summed E-state index contributed by atoms with van der Waals surface area (Å²) in [7, 11) is 0. The molecule has 0 spiro atoms. The Morgan fingerprint density at radius 2 is 1.83 bits per heavy atom. The van der Waals surface area contributed by atoms with Crippen LogP contribution in [0.15, 0.2) is 18.2 Å².